The molecule has 432 valence electrons. The van der Waals surface area contributed by atoms with Crippen LogP contribution in [0, 0.1) is 28.6 Å². The molecule has 0 saturated carbocycles. The van der Waals surface area contributed by atoms with Gasteiger partial charge < -0.3 is 18.6 Å². The van der Waals surface area contributed by atoms with E-state index in [9.17, 15) is 36.5 Å². The molecule has 84 heavy (non-hydrogen) atoms. The number of hydrogen-bond acceptors (Lipinski definition) is 10. The van der Waals surface area contributed by atoms with Gasteiger partial charge in [0, 0.05) is 36.7 Å². The third-order valence-corrected chi connectivity index (χ3v) is 17.1. The largest absolute Gasteiger partial charge is 0.493 e. The van der Waals surface area contributed by atoms with Crippen LogP contribution in [0.25, 0.3) is 50.5 Å². The zero-order chi connectivity index (χ0) is 59.2. The minimum atomic E-state index is -4.34. The van der Waals surface area contributed by atoms with Gasteiger partial charge in [0.1, 0.15) is 29.4 Å². The Morgan fingerprint density at radius 2 is 1.00 bits per heavy atom. The molecule has 0 radical (unpaired) electrons. The second-order valence-electron chi connectivity index (χ2n) is 21.4. The van der Waals surface area contributed by atoms with E-state index in [2.05, 4.69) is 31.9 Å². The summed E-state index contributed by atoms with van der Waals surface area (Å²) in [6.07, 6.45) is 15.2. The van der Waals surface area contributed by atoms with E-state index in [1.54, 1.807) is 6.08 Å². The van der Waals surface area contributed by atoms with Crippen molar-refractivity contribution in [2.45, 2.75) is 103 Å². The number of benzene rings is 5. The van der Waals surface area contributed by atoms with Crippen molar-refractivity contribution in [3.05, 3.63) is 181 Å². The molecule has 0 bridgehead atoms. The molecule has 16 heteroatoms. The van der Waals surface area contributed by atoms with Gasteiger partial charge in [-0.25, -0.2) is 0 Å². The summed E-state index contributed by atoms with van der Waals surface area (Å²) < 4.78 is 86.2. The molecular formula is C68H70N6O8S2. The molecular weight excluding hydrogens is 1090 g/mol. The summed E-state index contributed by atoms with van der Waals surface area (Å²) in [4.78, 5) is 10.2. The zero-order valence-electron chi connectivity index (χ0n) is 47.3. The van der Waals surface area contributed by atoms with Crippen LogP contribution in [0.4, 0.5) is 11.4 Å². The predicted molar refractivity (Wildman–Crippen MR) is 337 cm³/mol. The lowest BCUT2D eigenvalue weighted by molar-refractivity contribution is 0.225. The number of allylic oxidation sites excluding steroid dienone is 2. The van der Waals surface area contributed by atoms with E-state index < -0.39 is 31.7 Å². The highest BCUT2D eigenvalue weighted by molar-refractivity contribution is 7.86. The van der Waals surface area contributed by atoms with Crippen molar-refractivity contribution in [3.8, 4) is 51.9 Å². The lowest BCUT2D eigenvalue weighted by Gasteiger charge is -2.18. The van der Waals surface area contributed by atoms with Crippen LogP contribution in [0.3, 0.4) is 0 Å². The molecule has 2 aromatic heterocycles. The van der Waals surface area contributed by atoms with Crippen molar-refractivity contribution in [2.24, 2.45) is 15.9 Å². The molecule has 4 heterocycles. The summed E-state index contributed by atoms with van der Waals surface area (Å²) in [6.45, 7) is 12.5. The highest BCUT2D eigenvalue weighted by Crippen LogP contribution is 2.39. The first kappa shape index (κ1) is 60.2. The van der Waals surface area contributed by atoms with E-state index in [0.717, 1.165) is 79.4 Å². The van der Waals surface area contributed by atoms with E-state index in [4.69, 9.17) is 19.5 Å². The number of aromatic nitrogens is 2. The number of aliphatic imine (C=N–C) groups is 2. The number of nitriles is 2. The normalized spacial score (nSPS) is 13.6. The molecule has 7 aromatic rings. The summed E-state index contributed by atoms with van der Waals surface area (Å²) in [7, 11) is -8.69. The molecule has 0 aliphatic carbocycles. The van der Waals surface area contributed by atoms with Crippen LogP contribution in [0.1, 0.15) is 93.7 Å². The lowest BCUT2D eigenvalue weighted by atomic mass is 9.95. The van der Waals surface area contributed by atoms with Crippen LogP contribution >= 0.6 is 0 Å². The van der Waals surface area contributed by atoms with Gasteiger partial charge in [0.05, 0.1) is 74.1 Å². The molecule has 0 fully saturated rings. The molecule has 0 unspecified atom stereocenters. The number of ether oxygens (including phenoxy) is 2. The topological polar surface area (TPSA) is 209 Å². The van der Waals surface area contributed by atoms with E-state index in [1.165, 1.54) is 0 Å². The maximum absolute atomic E-state index is 12.3. The van der Waals surface area contributed by atoms with Crippen LogP contribution in [0.5, 0.6) is 17.2 Å². The first-order valence-corrected chi connectivity index (χ1v) is 31.9. The Morgan fingerprint density at radius 3 is 1.40 bits per heavy atom. The first-order valence-electron chi connectivity index (χ1n) is 28.7. The highest BCUT2D eigenvalue weighted by Gasteiger charge is 2.32. The summed E-state index contributed by atoms with van der Waals surface area (Å²) in [5.74, 6) is 1.14. The van der Waals surface area contributed by atoms with Gasteiger partial charge in [-0.05, 0) is 171 Å². The van der Waals surface area contributed by atoms with E-state index >= 15 is 0 Å². The third-order valence-electron chi connectivity index (χ3n) is 15.5. The Labute approximate surface area is 493 Å². The molecule has 2 aliphatic rings. The molecule has 9 rings (SSSR count). The first-order chi connectivity index (χ1) is 40.7. The summed E-state index contributed by atoms with van der Waals surface area (Å²) in [6, 6.07) is 43.4. The fourth-order valence-corrected chi connectivity index (χ4v) is 12.5. The van der Waals surface area contributed by atoms with E-state index in [1.807, 2.05) is 143 Å². The maximum atomic E-state index is 12.3. The molecule has 0 amide bonds. The summed E-state index contributed by atoms with van der Waals surface area (Å²) in [5, 5.41) is 25.7. The number of fused-ring (bicyclic) bond motifs is 3. The van der Waals surface area contributed by atoms with Gasteiger partial charge in [0.15, 0.2) is 0 Å². The lowest BCUT2D eigenvalue weighted by Crippen LogP contribution is -2.27. The van der Waals surface area contributed by atoms with Crippen LogP contribution < -0.4 is 20.2 Å². The number of unbranched alkanes of at least 4 members (excludes halogenated alkanes) is 6. The summed E-state index contributed by atoms with van der Waals surface area (Å²) >= 11 is 0. The molecule has 0 saturated heterocycles. The Morgan fingerprint density at radius 1 is 0.571 bits per heavy atom. The van der Waals surface area contributed by atoms with Gasteiger partial charge in [0.25, 0.3) is 20.2 Å². The monoisotopic (exact) mass is 1160 g/mol. The van der Waals surface area contributed by atoms with Crippen LogP contribution in [0.15, 0.2) is 163 Å². The van der Waals surface area contributed by atoms with Crippen molar-refractivity contribution in [2.75, 3.05) is 18.1 Å². The van der Waals surface area contributed by atoms with Gasteiger partial charge in [-0.2, -0.15) is 27.4 Å². The fraction of sp³-hybridized carbons (Fsp3) is 0.294. The zero-order valence-corrected chi connectivity index (χ0v) is 48.9. The minimum absolute atomic E-state index is 0.0793. The van der Waals surface area contributed by atoms with Crippen molar-refractivity contribution in [1.82, 2.24) is 9.13 Å². The third kappa shape index (κ3) is 14.7. The van der Waals surface area contributed by atoms with Gasteiger partial charge in [-0.1, -0.05) is 86.2 Å². The SMILES string of the molecule is C=CCCCCC(CCCCC=C)COc1ccc(-c2c3/c(=C(\C#N)C4=Nc5ccccc5C4)n(CCCCS(=O)(=O)O)c(-c4ccc(Oc5ccc(C=C)cc5)cc4)c3/c(=C(\C#N)C3=Nc4ccccc4C3)n2CCCCS(=O)(=O)O)cc1. The Bertz CT molecular complexity index is 3990. The quantitative estimate of drug-likeness (QED) is 0.0247. The van der Waals surface area contributed by atoms with Gasteiger partial charge in [-0.15, -0.1) is 13.2 Å². The number of nitrogens with zero attached hydrogens (tertiary/aromatic N) is 6. The average molecular weight is 1160 g/mol. The maximum Gasteiger partial charge on any atom is 0.264 e. The predicted octanol–water partition coefficient (Wildman–Crippen LogP) is 14.0. The molecule has 5 aromatic carbocycles. The second-order valence-corrected chi connectivity index (χ2v) is 24.5. The number of hydrogen-bond donors (Lipinski definition) is 2. The Kier molecular flexibility index (Phi) is 19.9. The second kappa shape index (κ2) is 27.8. The van der Waals surface area contributed by atoms with Gasteiger partial charge >= 0.3 is 0 Å². The van der Waals surface area contributed by atoms with Crippen molar-refractivity contribution in [3.63, 3.8) is 0 Å². The Balaban J connectivity index is 1.35. The molecule has 2 aliphatic heterocycles. The van der Waals surface area contributed by atoms with E-state index in [0.29, 0.717) is 98.0 Å². The van der Waals surface area contributed by atoms with Crippen LogP contribution in [-0.2, 0) is 46.2 Å². The van der Waals surface area contributed by atoms with Crippen molar-refractivity contribution >= 4 is 71.0 Å². The molecule has 0 spiro atoms. The van der Waals surface area contributed by atoms with Gasteiger partial charge in [0.2, 0.25) is 0 Å². The molecule has 0 atom stereocenters. The minimum Gasteiger partial charge on any atom is -0.493 e. The van der Waals surface area contributed by atoms with E-state index in [-0.39, 0.29) is 49.9 Å². The average Bonchev–Trinajstić information content (AvgIpc) is 1.60. The molecule has 14 nitrogen and oxygen atoms in total. The van der Waals surface area contributed by atoms with Gasteiger partial charge in [-0.3, -0.25) is 19.1 Å². The number of para-hydroxylation sites is 2. The fourth-order valence-electron chi connectivity index (χ4n) is 11.4. The van der Waals surface area contributed by atoms with Crippen molar-refractivity contribution in [1.29, 1.82) is 10.5 Å². The van der Waals surface area contributed by atoms with Crippen molar-refractivity contribution < 1.29 is 35.4 Å². The highest BCUT2D eigenvalue weighted by atomic mass is 32.2. The van der Waals surface area contributed by atoms with Crippen LogP contribution in [-0.4, -0.2) is 64.6 Å². The number of rotatable bonds is 30. The standard InChI is InChI=1S/C68H70N6O8S2/c1-4-7-9-11-21-49(22-12-10-8-5-2)47-81-54-35-29-50(30-36-54)65-63-64(68(73(65)39-17-19-41-83(75,76)77)58(46-70)62-44-53-24-14-16-26-60(53)72-62)66(51-31-37-56(38-32-51)82-55-33-27-48(6-3)28-34-55)74(40-18-20-42-84(78,79)80)67(63)57(45-69)61-43-52-23-13-15-25-59(52)71-61/h4-6,13-16,23-38,49H,1-3,7-12,17-22,39-44,47H2,(H,75,76,77)(H,78,79,80)/b67-57-,68-58-. The molecule has 2 N–H and O–H groups in total. The van der Waals surface area contributed by atoms with Crippen LogP contribution in [0.2, 0.25) is 0 Å². The Hall–Kier alpha value is -8.38. The smallest absolute Gasteiger partial charge is 0.264 e. The summed E-state index contributed by atoms with van der Waals surface area (Å²) in [5.41, 5.74) is 8.35.